The molecule has 1 aromatic carbocycles. The molecular formula is C25H39FN5O8P. The van der Waals surface area contributed by atoms with E-state index in [1.54, 1.807) is 32.1 Å². The van der Waals surface area contributed by atoms with Crippen LogP contribution in [-0.2, 0) is 29.9 Å². The van der Waals surface area contributed by atoms with Crippen LogP contribution in [0.3, 0.4) is 0 Å². The highest BCUT2D eigenvalue weighted by Gasteiger charge is 2.63. The molecule has 1 fully saturated rings. The predicted octanol–water partition coefficient (Wildman–Crippen LogP) is 0.930. The number of aliphatic hydroxyl groups excluding tert-OH is 1. The second-order valence-electron chi connectivity index (χ2n) is 10.2. The first kappa shape index (κ1) is 32.0. The van der Waals surface area contributed by atoms with Crippen molar-refractivity contribution in [1.29, 1.82) is 0 Å². The SMILES string of the molecule is C=C1NC(N)C=CN1[C@@H]1O[C@](CF)(COP(=O)(NC(C)C(=O)OC(C)C)Oc2ccc(CN)cc2)[C@@H](O)[C@@]1(C)O. The summed E-state index contributed by atoms with van der Waals surface area (Å²) < 4.78 is 50.8. The van der Waals surface area contributed by atoms with Crippen molar-refractivity contribution in [3.8, 4) is 5.75 Å². The van der Waals surface area contributed by atoms with Crippen molar-refractivity contribution < 1.29 is 42.5 Å². The van der Waals surface area contributed by atoms with Gasteiger partial charge in [-0.3, -0.25) is 9.32 Å². The maximum atomic E-state index is 14.7. The number of ether oxygens (including phenoxy) is 2. The number of rotatable bonds is 12. The summed E-state index contributed by atoms with van der Waals surface area (Å²) >= 11 is 0. The van der Waals surface area contributed by atoms with Crippen LogP contribution >= 0.6 is 7.75 Å². The fourth-order valence-electron chi connectivity index (χ4n) is 4.21. The molecule has 0 aliphatic carbocycles. The quantitative estimate of drug-likeness (QED) is 0.150. The third-order valence-electron chi connectivity index (χ3n) is 6.40. The summed E-state index contributed by atoms with van der Waals surface area (Å²) in [4.78, 5) is 13.8. The standard InChI is InChI=1S/C25H39FN5O8P/c1-15(2)37-21(32)16(3)30-40(35,39-19-8-6-18(12-27)7-9-19)36-14-25(13-26)22(33)24(5,34)23(38-25)31-11-10-20(28)29-17(31)4/h6-11,15-16,20,22-23,29,33-34H,4,12-14,27-28H2,1-3,5H3,(H,30,35)/t16?,20?,22-,23+,24+,25+,40?/m0/s1. The van der Waals surface area contributed by atoms with E-state index in [0.717, 1.165) is 5.56 Å². The Labute approximate surface area is 232 Å². The van der Waals surface area contributed by atoms with Crippen molar-refractivity contribution >= 4 is 13.7 Å². The van der Waals surface area contributed by atoms with Crippen LogP contribution in [0.4, 0.5) is 4.39 Å². The Morgan fingerprint density at radius 1 is 1.35 bits per heavy atom. The summed E-state index contributed by atoms with van der Waals surface area (Å²) in [6.45, 7) is 7.86. The average molecular weight is 588 g/mol. The Kier molecular flexibility index (Phi) is 10.0. The molecule has 0 spiro atoms. The summed E-state index contributed by atoms with van der Waals surface area (Å²) in [6, 6.07) is 5.11. The third-order valence-corrected chi connectivity index (χ3v) is 8.02. The number of alkyl halides is 1. The molecule has 2 heterocycles. The Balaban J connectivity index is 1.88. The summed E-state index contributed by atoms with van der Waals surface area (Å²) in [5, 5.41) is 27.6. The lowest BCUT2D eigenvalue weighted by Gasteiger charge is -2.38. The van der Waals surface area contributed by atoms with Gasteiger partial charge in [-0.25, -0.2) is 8.96 Å². The van der Waals surface area contributed by atoms with Crippen molar-refractivity contribution in [2.45, 2.75) is 76.1 Å². The molecule has 0 saturated carbocycles. The van der Waals surface area contributed by atoms with Crippen molar-refractivity contribution in [1.82, 2.24) is 15.3 Å². The first-order valence-electron chi connectivity index (χ1n) is 12.7. The maximum absolute atomic E-state index is 14.7. The van der Waals surface area contributed by atoms with Gasteiger partial charge in [-0.1, -0.05) is 18.7 Å². The van der Waals surface area contributed by atoms with Gasteiger partial charge in [0.2, 0.25) is 0 Å². The highest BCUT2D eigenvalue weighted by atomic mass is 31.2. The molecule has 1 aromatic rings. The minimum atomic E-state index is -4.46. The number of hydrogen-bond acceptors (Lipinski definition) is 12. The zero-order chi connectivity index (χ0) is 29.9. The normalized spacial score (nSPS) is 30.6. The number of halogens is 1. The van der Waals surface area contributed by atoms with Crippen molar-refractivity contribution in [2.24, 2.45) is 11.5 Å². The van der Waals surface area contributed by atoms with E-state index >= 15 is 0 Å². The molecule has 224 valence electrons. The number of benzene rings is 1. The van der Waals surface area contributed by atoms with Gasteiger partial charge in [0.05, 0.1) is 18.9 Å². The minimum Gasteiger partial charge on any atom is -0.462 e. The number of nitrogens with zero attached hydrogens (tertiary/aromatic N) is 1. The van der Waals surface area contributed by atoms with E-state index in [-0.39, 0.29) is 18.1 Å². The van der Waals surface area contributed by atoms with Crippen molar-refractivity contribution in [3.05, 3.63) is 54.5 Å². The second-order valence-corrected chi connectivity index (χ2v) is 11.9. The molecule has 0 bridgehead atoms. The monoisotopic (exact) mass is 587 g/mol. The van der Waals surface area contributed by atoms with E-state index in [4.69, 9.17) is 30.0 Å². The largest absolute Gasteiger partial charge is 0.462 e. The second kappa shape index (κ2) is 12.5. The highest BCUT2D eigenvalue weighted by Crippen LogP contribution is 2.49. The van der Waals surface area contributed by atoms with Gasteiger partial charge in [-0.15, -0.1) is 0 Å². The molecule has 13 nitrogen and oxygen atoms in total. The lowest BCUT2D eigenvalue weighted by atomic mass is 9.88. The van der Waals surface area contributed by atoms with Crippen molar-refractivity contribution in [2.75, 3.05) is 13.3 Å². The van der Waals surface area contributed by atoms with E-state index in [2.05, 4.69) is 17.0 Å². The minimum absolute atomic E-state index is 0.0988. The molecular weight excluding hydrogens is 548 g/mol. The molecule has 2 aliphatic heterocycles. The number of carbonyl (C=O) groups is 1. The Bertz CT molecular complexity index is 1140. The Morgan fingerprint density at radius 3 is 2.55 bits per heavy atom. The molecule has 0 amide bonds. The summed E-state index contributed by atoms with van der Waals surface area (Å²) in [5.74, 6) is -0.402. The van der Waals surface area contributed by atoms with Crippen LogP contribution < -0.4 is 26.4 Å². The van der Waals surface area contributed by atoms with Crippen LogP contribution in [0, 0.1) is 0 Å². The van der Waals surface area contributed by atoms with Gasteiger partial charge in [-0.2, -0.15) is 5.09 Å². The fraction of sp³-hybridized carbons (Fsp3) is 0.560. The number of esters is 1. The molecule has 8 N–H and O–H groups in total. The molecule has 0 radical (unpaired) electrons. The van der Waals surface area contributed by atoms with Gasteiger partial charge in [0, 0.05) is 12.7 Å². The first-order chi connectivity index (χ1) is 18.7. The zero-order valence-electron chi connectivity index (χ0n) is 23.0. The molecule has 3 unspecified atom stereocenters. The number of nitrogens with two attached hydrogens (primary N) is 2. The van der Waals surface area contributed by atoms with Gasteiger partial charge >= 0.3 is 13.7 Å². The van der Waals surface area contributed by atoms with Crippen LogP contribution in [0.25, 0.3) is 0 Å². The van der Waals surface area contributed by atoms with Gasteiger partial charge in [0.25, 0.3) is 0 Å². The summed E-state index contributed by atoms with van der Waals surface area (Å²) in [7, 11) is -4.46. The molecule has 2 aliphatic rings. The smallest absolute Gasteiger partial charge is 0.459 e. The summed E-state index contributed by atoms with van der Waals surface area (Å²) in [6.07, 6.45) is -1.15. The van der Waals surface area contributed by atoms with Gasteiger partial charge in [0.1, 0.15) is 36.0 Å². The lowest BCUT2D eigenvalue weighted by molar-refractivity contribution is -0.149. The highest BCUT2D eigenvalue weighted by molar-refractivity contribution is 7.52. The molecule has 3 rings (SSSR count). The van der Waals surface area contributed by atoms with Gasteiger partial charge in [-0.05, 0) is 51.5 Å². The van der Waals surface area contributed by atoms with Crippen LogP contribution in [0.1, 0.15) is 33.3 Å². The molecule has 0 aromatic heterocycles. The number of nitrogens with one attached hydrogen (secondary N) is 2. The average Bonchev–Trinajstić information content (AvgIpc) is 3.08. The van der Waals surface area contributed by atoms with E-state index in [1.807, 2.05) is 0 Å². The Morgan fingerprint density at radius 2 is 2.00 bits per heavy atom. The predicted molar refractivity (Wildman–Crippen MR) is 144 cm³/mol. The van der Waals surface area contributed by atoms with Crippen LogP contribution in [0.5, 0.6) is 5.75 Å². The molecule has 40 heavy (non-hydrogen) atoms. The molecule has 15 heteroatoms. The number of hydrogen-bond donors (Lipinski definition) is 6. The van der Waals surface area contributed by atoms with E-state index < -0.39 is 68.8 Å². The van der Waals surface area contributed by atoms with Crippen molar-refractivity contribution in [3.63, 3.8) is 0 Å². The Hall–Kier alpha value is -2.55. The lowest BCUT2D eigenvalue weighted by Crippen LogP contribution is -2.56. The van der Waals surface area contributed by atoms with Gasteiger partial charge in [0.15, 0.2) is 11.8 Å². The topological polar surface area (TPSA) is 191 Å². The van der Waals surface area contributed by atoms with E-state index in [9.17, 15) is 24.0 Å². The zero-order valence-corrected chi connectivity index (χ0v) is 23.8. The molecule has 7 atom stereocenters. The van der Waals surface area contributed by atoms with Crippen LogP contribution in [-0.4, -0.2) is 76.2 Å². The maximum Gasteiger partial charge on any atom is 0.459 e. The van der Waals surface area contributed by atoms with Crippen LogP contribution in [0.2, 0.25) is 0 Å². The van der Waals surface area contributed by atoms with Crippen LogP contribution in [0.15, 0.2) is 48.9 Å². The molecule has 1 saturated heterocycles. The van der Waals surface area contributed by atoms with E-state index in [1.165, 1.54) is 37.1 Å². The fourth-order valence-corrected chi connectivity index (χ4v) is 5.76. The third kappa shape index (κ3) is 7.01. The van der Waals surface area contributed by atoms with E-state index in [0.29, 0.717) is 0 Å². The first-order valence-corrected chi connectivity index (χ1v) is 14.2. The van der Waals surface area contributed by atoms with Gasteiger partial charge < -0.3 is 45.9 Å². The number of carbonyl (C=O) groups excluding carboxylic acids is 1. The number of aliphatic hydroxyl groups is 2. The summed E-state index contributed by atoms with van der Waals surface area (Å²) in [5.41, 5.74) is 7.99.